The van der Waals surface area contributed by atoms with Crippen LogP contribution in [0.25, 0.3) is 0 Å². The maximum Gasteiger partial charge on any atom is 0.185 e. The molecule has 1 saturated heterocycles. The van der Waals surface area contributed by atoms with Crippen LogP contribution in [0.2, 0.25) is 0 Å². The number of morpholine rings is 1. The lowest BCUT2D eigenvalue weighted by atomic mass is 10.3. The Hall–Kier alpha value is -0.650. The lowest BCUT2D eigenvalue weighted by molar-refractivity contribution is 0.0532. The minimum atomic E-state index is 0.300. The van der Waals surface area contributed by atoms with Gasteiger partial charge in [0.2, 0.25) is 0 Å². The topological polar surface area (TPSA) is 51.4 Å². The van der Waals surface area contributed by atoms with Gasteiger partial charge in [0.15, 0.2) is 5.13 Å². The van der Waals surface area contributed by atoms with Gasteiger partial charge in [-0.25, -0.2) is 4.98 Å². The fourth-order valence-electron chi connectivity index (χ4n) is 1.53. The zero-order valence-electron chi connectivity index (χ0n) is 8.27. The number of hydrogen-bond donors (Lipinski definition) is 1. The van der Waals surface area contributed by atoms with Crippen LogP contribution in [-0.4, -0.2) is 30.8 Å². The molecule has 4 nitrogen and oxygen atoms in total. The first-order valence-electron chi connectivity index (χ1n) is 4.81. The summed E-state index contributed by atoms with van der Waals surface area (Å²) < 4.78 is 5.47. The van der Waals surface area contributed by atoms with Gasteiger partial charge in [-0.3, -0.25) is 0 Å². The summed E-state index contributed by atoms with van der Waals surface area (Å²) in [5.41, 5.74) is 5.55. The first-order chi connectivity index (χ1) is 6.79. The summed E-state index contributed by atoms with van der Waals surface area (Å²) in [7, 11) is 0. The highest BCUT2D eigenvalue weighted by molar-refractivity contribution is 7.15. The monoisotopic (exact) mass is 213 g/mol. The van der Waals surface area contributed by atoms with E-state index in [0.717, 1.165) is 29.7 Å². The standard InChI is InChI=1S/C9H15N3OS/c1-7-6-12(2-3-13-7)9-11-5-8(4-10)14-9/h5,7H,2-4,6,10H2,1H3. The Morgan fingerprint density at radius 2 is 2.64 bits per heavy atom. The van der Waals surface area contributed by atoms with Crippen LogP contribution in [0.1, 0.15) is 11.8 Å². The van der Waals surface area contributed by atoms with Crippen molar-refractivity contribution in [2.45, 2.75) is 19.6 Å². The van der Waals surface area contributed by atoms with Crippen molar-refractivity contribution in [2.75, 3.05) is 24.6 Å². The average Bonchev–Trinajstić information content (AvgIpc) is 2.66. The number of aromatic nitrogens is 1. The zero-order valence-corrected chi connectivity index (χ0v) is 9.09. The molecule has 1 aromatic heterocycles. The first kappa shape index (κ1) is 9.89. The number of ether oxygens (including phenoxy) is 1. The highest BCUT2D eigenvalue weighted by Crippen LogP contribution is 2.23. The van der Waals surface area contributed by atoms with Gasteiger partial charge in [-0.2, -0.15) is 0 Å². The number of thiazole rings is 1. The molecule has 1 fully saturated rings. The summed E-state index contributed by atoms with van der Waals surface area (Å²) >= 11 is 1.68. The number of rotatable bonds is 2. The van der Waals surface area contributed by atoms with Gasteiger partial charge in [0.1, 0.15) is 0 Å². The van der Waals surface area contributed by atoms with Crippen LogP contribution in [0.15, 0.2) is 6.20 Å². The predicted molar refractivity (Wildman–Crippen MR) is 57.6 cm³/mol. The van der Waals surface area contributed by atoms with Crippen molar-refractivity contribution in [2.24, 2.45) is 5.73 Å². The summed E-state index contributed by atoms with van der Waals surface area (Å²) in [6.07, 6.45) is 2.16. The Kier molecular flexibility index (Phi) is 3.00. The number of nitrogens with two attached hydrogens (primary N) is 1. The van der Waals surface area contributed by atoms with Crippen LogP contribution in [-0.2, 0) is 11.3 Å². The van der Waals surface area contributed by atoms with Gasteiger partial charge in [0.25, 0.3) is 0 Å². The average molecular weight is 213 g/mol. The smallest absolute Gasteiger partial charge is 0.185 e. The van der Waals surface area contributed by atoms with Crippen LogP contribution in [0.5, 0.6) is 0 Å². The van der Waals surface area contributed by atoms with Crippen molar-refractivity contribution in [1.82, 2.24) is 4.98 Å². The highest BCUT2D eigenvalue weighted by Gasteiger charge is 2.18. The van der Waals surface area contributed by atoms with E-state index in [1.165, 1.54) is 0 Å². The molecule has 2 N–H and O–H groups in total. The SMILES string of the molecule is CC1CN(c2ncc(CN)s2)CCO1. The van der Waals surface area contributed by atoms with Crippen LogP contribution >= 0.6 is 11.3 Å². The Morgan fingerprint density at radius 3 is 3.29 bits per heavy atom. The molecular formula is C9H15N3OS. The minimum Gasteiger partial charge on any atom is -0.375 e. The van der Waals surface area contributed by atoms with E-state index in [4.69, 9.17) is 10.5 Å². The lowest BCUT2D eigenvalue weighted by Gasteiger charge is -2.30. The predicted octanol–water partition coefficient (Wildman–Crippen LogP) is 0.827. The van der Waals surface area contributed by atoms with Crippen molar-refractivity contribution in [3.8, 4) is 0 Å². The molecule has 0 amide bonds. The second-order valence-electron chi connectivity index (χ2n) is 3.44. The summed E-state index contributed by atoms with van der Waals surface area (Å²) in [6.45, 7) is 5.32. The van der Waals surface area contributed by atoms with Crippen molar-refractivity contribution in [1.29, 1.82) is 0 Å². The van der Waals surface area contributed by atoms with Gasteiger partial charge < -0.3 is 15.4 Å². The molecule has 2 rings (SSSR count). The molecule has 0 aliphatic carbocycles. The van der Waals surface area contributed by atoms with E-state index in [1.807, 2.05) is 6.20 Å². The Labute approximate surface area is 87.7 Å². The van der Waals surface area contributed by atoms with E-state index < -0.39 is 0 Å². The molecule has 0 bridgehead atoms. The van der Waals surface area contributed by atoms with Crippen molar-refractivity contribution < 1.29 is 4.74 Å². The van der Waals surface area contributed by atoms with Gasteiger partial charge in [0, 0.05) is 30.7 Å². The van der Waals surface area contributed by atoms with E-state index in [0.29, 0.717) is 12.6 Å². The second-order valence-corrected chi connectivity index (χ2v) is 4.53. The molecular weight excluding hydrogens is 198 g/mol. The van der Waals surface area contributed by atoms with E-state index in [2.05, 4.69) is 16.8 Å². The Morgan fingerprint density at radius 1 is 1.79 bits per heavy atom. The van der Waals surface area contributed by atoms with Gasteiger partial charge in [-0.05, 0) is 6.92 Å². The summed E-state index contributed by atoms with van der Waals surface area (Å²) in [4.78, 5) is 7.75. The van der Waals surface area contributed by atoms with Gasteiger partial charge in [-0.15, -0.1) is 11.3 Å². The normalized spacial score (nSPS) is 22.7. The van der Waals surface area contributed by atoms with Crippen molar-refractivity contribution >= 4 is 16.5 Å². The molecule has 14 heavy (non-hydrogen) atoms. The summed E-state index contributed by atoms with van der Waals surface area (Å²) in [5.74, 6) is 0. The molecule has 0 aromatic carbocycles. The molecule has 1 aromatic rings. The molecule has 1 aliphatic heterocycles. The van der Waals surface area contributed by atoms with Gasteiger partial charge in [0.05, 0.1) is 12.7 Å². The molecule has 1 atom stereocenters. The van der Waals surface area contributed by atoms with E-state index in [-0.39, 0.29) is 0 Å². The molecule has 1 aliphatic rings. The largest absolute Gasteiger partial charge is 0.375 e. The minimum absolute atomic E-state index is 0.300. The molecule has 0 radical (unpaired) electrons. The number of hydrogen-bond acceptors (Lipinski definition) is 5. The maximum absolute atomic E-state index is 5.55. The summed E-state index contributed by atoms with van der Waals surface area (Å²) in [5, 5.41) is 1.07. The number of nitrogens with zero attached hydrogens (tertiary/aromatic N) is 2. The number of anilines is 1. The van der Waals surface area contributed by atoms with Gasteiger partial charge in [-0.1, -0.05) is 0 Å². The molecule has 2 heterocycles. The Bertz CT molecular complexity index is 302. The summed E-state index contributed by atoms with van der Waals surface area (Å²) in [6, 6.07) is 0. The van der Waals surface area contributed by atoms with Crippen LogP contribution in [0.4, 0.5) is 5.13 Å². The fraction of sp³-hybridized carbons (Fsp3) is 0.667. The van der Waals surface area contributed by atoms with E-state index >= 15 is 0 Å². The van der Waals surface area contributed by atoms with Gasteiger partial charge >= 0.3 is 0 Å². The second kappa shape index (κ2) is 4.25. The van der Waals surface area contributed by atoms with Crippen molar-refractivity contribution in [3.05, 3.63) is 11.1 Å². The van der Waals surface area contributed by atoms with E-state index in [9.17, 15) is 0 Å². The zero-order chi connectivity index (χ0) is 9.97. The Balaban J connectivity index is 2.06. The highest BCUT2D eigenvalue weighted by atomic mass is 32.1. The molecule has 1 unspecified atom stereocenters. The first-order valence-corrected chi connectivity index (χ1v) is 5.62. The third-order valence-corrected chi connectivity index (χ3v) is 3.33. The molecule has 0 spiro atoms. The molecule has 5 heteroatoms. The van der Waals surface area contributed by atoms with Crippen molar-refractivity contribution in [3.63, 3.8) is 0 Å². The van der Waals surface area contributed by atoms with E-state index in [1.54, 1.807) is 11.3 Å². The van der Waals surface area contributed by atoms with Crippen LogP contribution in [0, 0.1) is 0 Å². The van der Waals surface area contributed by atoms with Crippen LogP contribution in [0.3, 0.4) is 0 Å². The molecule has 78 valence electrons. The third-order valence-electron chi connectivity index (χ3n) is 2.25. The maximum atomic E-state index is 5.55. The quantitative estimate of drug-likeness (QED) is 0.790. The third kappa shape index (κ3) is 2.05. The molecule has 0 saturated carbocycles. The van der Waals surface area contributed by atoms with Crippen LogP contribution < -0.4 is 10.6 Å². The lowest BCUT2D eigenvalue weighted by Crippen LogP contribution is -2.41. The fourth-order valence-corrected chi connectivity index (χ4v) is 2.35.